The van der Waals surface area contributed by atoms with Crippen molar-refractivity contribution in [3.05, 3.63) is 146 Å². The van der Waals surface area contributed by atoms with E-state index in [-0.39, 0.29) is 12.5 Å². The van der Waals surface area contributed by atoms with Crippen LogP contribution in [0.5, 0.6) is 0 Å². The zero-order valence-electron chi connectivity index (χ0n) is 49.8. The van der Waals surface area contributed by atoms with Crippen molar-refractivity contribution in [2.75, 3.05) is 13.2 Å². The lowest BCUT2D eigenvalue weighted by molar-refractivity contribution is -0.302. The van der Waals surface area contributed by atoms with E-state index < -0.39 is 49.5 Å². The van der Waals surface area contributed by atoms with Crippen molar-refractivity contribution in [1.29, 1.82) is 0 Å². The number of amides is 1. The third-order valence-corrected chi connectivity index (χ3v) is 13.9. The van der Waals surface area contributed by atoms with Crippen LogP contribution in [0, 0.1) is 0 Å². The highest BCUT2D eigenvalue weighted by molar-refractivity contribution is 5.76. The predicted octanol–water partition coefficient (Wildman–Crippen LogP) is 16.6. The number of hydrogen-bond donors (Lipinski definition) is 6. The van der Waals surface area contributed by atoms with E-state index in [1.54, 1.807) is 6.08 Å². The van der Waals surface area contributed by atoms with Crippen molar-refractivity contribution in [2.45, 2.75) is 275 Å². The van der Waals surface area contributed by atoms with Crippen LogP contribution in [0.4, 0.5) is 0 Å². The molecule has 7 atom stereocenters. The summed E-state index contributed by atoms with van der Waals surface area (Å²) in [5.41, 5.74) is 0. The summed E-state index contributed by atoms with van der Waals surface area (Å²) in [5, 5.41) is 54.5. The zero-order chi connectivity index (χ0) is 57.2. The van der Waals surface area contributed by atoms with Crippen molar-refractivity contribution >= 4 is 5.91 Å². The number of aliphatic hydroxyl groups is 5. The fourth-order valence-electron chi connectivity index (χ4n) is 8.98. The number of aliphatic hydroxyl groups excluding tert-OH is 5. The SMILES string of the molecule is CC/C=C\C/C=C\C/C=C\C/C=C\C/C=C\C/C=C\C/C=C\C/C=C\C/C=C\C/C=C\C/C=C\CCCCCCCCCC(=O)NC(COC1OC(CO)C(O)C(O)C1O)C(O)/C=C/CCCCCCCCCCCCCCC. The molecule has 0 saturated carbocycles. The monoisotopic (exact) mass is 1100 g/mol. The summed E-state index contributed by atoms with van der Waals surface area (Å²) in [7, 11) is 0. The largest absolute Gasteiger partial charge is 0.394 e. The number of hydrogen-bond acceptors (Lipinski definition) is 8. The molecular formula is C70H115NO8. The molecule has 0 radical (unpaired) electrons. The summed E-state index contributed by atoms with van der Waals surface area (Å²) in [6.07, 6.45) is 82.0. The van der Waals surface area contributed by atoms with E-state index in [0.29, 0.717) is 6.42 Å². The summed E-state index contributed by atoms with van der Waals surface area (Å²) in [6, 6.07) is -0.821. The summed E-state index contributed by atoms with van der Waals surface area (Å²) in [6.45, 7) is 3.65. The van der Waals surface area contributed by atoms with Gasteiger partial charge in [-0.25, -0.2) is 0 Å². The molecule has 448 valence electrons. The number of rotatable bonds is 52. The Kier molecular flexibility index (Phi) is 53.0. The summed E-state index contributed by atoms with van der Waals surface area (Å²) >= 11 is 0. The highest BCUT2D eigenvalue weighted by Crippen LogP contribution is 2.23. The minimum absolute atomic E-state index is 0.194. The fourth-order valence-corrected chi connectivity index (χ4v) is 8.98. The molecule has 1 aliphatic heterocycles. The molecular weight excluding hydrogens is 983 g/mol. The second-order valence-corrected chi connectivity index (χ2v) is 21.1. The molecule has 1 aliphatic rings. The Hall–Kier alpha value is -3.93. The van der Waals surface area contributed by atoms with Crippen molar-refractivity contribution in [3.63, 3.8) is 0 Å². The molecule has 1 fully saturated rings. The van der Waals surface area contributed by atoms with Gasteiger partial charge in [-0.1, -0.05) is 269 Å². The summed E-state index contributed by atoms with van der Waals surface area (Å²) in [4.78, 5) is 13.1. The molecule has 1 amide bonds. The number of allylic oxidation sites excluding steroid dienone is 23. The van der Waals surface area contributed by atoms with Crippen molar-refractivity contribution < 1.29 is 39.8 Å². The smallest absolute Gasteiger partial charge is 0.220 e. The van der Waals surface area contributed by atoms with Gasteiger partial charge >= 0.3 is 0 Å². The Morgan fingerprint density at radius 3 is 1.16 bits per heavy atom. The lowest BCUT2D eigenvalue weighted by Gasteiger charge is -2.40. The van der Waals surface area contributed by atoms with Gasteiger partial charge in [0.05, 0.1) is 25.4 Å². The van der Waals surface area contributed by atoms with Crippen molar-refractivity contribution in [3.8, 4) is 0 Å². The van der Waals surface area contributed by atoms with E-state index in [1.165, 1.54) is 89.9 Å². The maximum atomic E-state index is 13.1. The van der Waals surface area contributed by atoms with Gasteiger partial charge < -0.3 is 40.3 Å². The molecule has 1 rings (SSSR count). The number of carbonyl (C=O) groups is 1. The Morgan fingerprint density at radius 2 is 0.785 bits per heavy atom. The fraction of sp³-hybridized carbons (Fsp3) is 0.643. The van der Waals surface area contributed by atoms with Gasteiger partial charge in [0.15, 0.2) is 6.29 Å². The van der Waals surface area contributed by atoms with Crippen LogP contribution in [0.25, 0.3) is 0 Å². The first-order valence-electron chi connectivity index (χ1n) is 31.6. The van der Waals surface area contributed by atoms with Crippen LogP contribution < -0.4 is 5.32 Å². The van der Waals surface area contributed by atoms with Crippen LogP contribution >= 0.6 is 0 Å². The van der Waals surface area contributed by atoms with Crippen molar-refractivity contribution in [1.82, 2.24) is 5.32 Å². The average molecular weight is 1100 g/mol. The lowest BCUT2D eigenvalue weighted by atomic mass is 9.99. The summed E-state index contributed by atoms with van der Waals surface area (Å²) in [5.74, 6) is -0.194. The van der Waals surface area contributed by atoms with Gasteiger partial charge in [-0.15, -0.1) is 0 Å². The molecule has 7 unspecified atom stereocenters. The second kappa shape index (κ2) is 57.3. The average Bonchev–Trinajstić information content (AvgIpc) is 3.46. The Balaban J connectivity index is 2.17. The van der Waals surface area contributed by atoms with Gasteiger partial charge in [0.2, 0.25) is 5.91 Å². The Bertz CT molecular complexity index is 1750. The highest BCUT2D eigenvalue weighted by Gasteiger charge is 2.44. The number of nitrogens with one attached hydrogen (secondary N) is 1. The van der Waals surface area contributed by atoms with E-state index in [4.69, 9.17) is 9.47 Å². The van der Waals surface area contributed by atoms with Crippen LogP contribution in [0.2, 0.25) is 0 Å². The van der Waals surface area contributed by atoms with Crippen LogP contribution in [0.3, 0.4) is 0 Å². The third-order valence-electron chi connectivity index (χ3n) is 13.9. The molecule has 0 bridgehead atoms. The van der Waals surface area contributed by atoms with E-state index in [1.807, 2.05) is 6.08 Å². The number of carbonyl (C=O) groups excluding carboxylic acids is 1. The quantitative estimate of drug-likeness (QED) is 0.0261. The van der Waals surface area contributed by atoms with Gasteiger partial charge in [-0.05, 0) is 103 Å². The number of unbranched alkanes of at least 4 members (excludes halogenated alkanes) is 20. The Morgan fingerprint density at radius 1 is 0.443 bits per heavy atom. The van der Waals surface area contributed by atoms with Gasteiger partial charge in [0.25, 0.3) is 0 Å². The van der Waals surface area contributed by atoms with E-state index >= 15 is 0 Å². The van der Waals surface area contributed by atoms with E-state index in [0.717, 1.165) is 122 Å². The highest BCUT2D eigenvalue weighted by atomic mass is 16.7. The molecule has 9 heteroatoms. The minimum Gasteiger partial charge on any atom is -0.394 e. The molecule has 1 heterocycles. The van der Waals surface area contributed by atoms with Gasteiger partial charge in [-0.2, -0.15) is 0 Å². The molecule has 9 nitrogen and oxygen atoms in total. The Labute approximate surface area is 483 Å². The molecule has 0 aliphatic carbocycles. The standard InChI is InChI=1S/C70H115NO8/c1-3-5-7-9-11-13-15-17-19-20-21-22-23-24-25-26-27-28-29-30-31-32-33-34-35-36-37-38-39-40-41-42-43-44-46-48-50-52-54-56-58-60-66(74)71-63(62-78-70-69(77)68(76)67(75)65(61-72)79-70)64(73)59-57-55-53-51-49-47-45-18-16-14-12-10-8-6-4-2/h5,7,11,13,17,19,21-22,24-25,27-28,30-31,33-34,36-37,39-40,42-43,57,59,63-65,67-70,72-73,75-77H,3-4,6,8-10,12,14-16,18,20,23,26,29,32,35,38,41,44-56,58,60-62H2,1-2H3,(H,71,74)/b7-5-,13-11-,19-17-,22-21-,25-24-,28-27-,31-30-,34-33-,37-36-,40-39-,43-42-,59-57+. The van der Waals surface area contributed by atoms with Crippen LogP contribution in [-0.4, -0.2) is 87.5 Å². The third kappa shape index (κ3) is 46.4. The van der Waals surface area contributed by atoms with Crippen LogP contribution in [0.1, 0.15) is 232 Å². The molecule has 0 aromatic rings. The zero-order valence-corrected chi connectivity index (χ0v) is 49.8. The van der Waals surface area contributed by atoms with Crippen molar-refractivity contribution in [2.24, 2.45) is 0 Å². The van der Waals surface area contributed by atoms with E-state index in [2.05, 4.69) is 153 Å². The van der Waals surface area contributed by atoms with Gasteiger partial charge in [0, 0.05) is 6.42 Å². The molecule has 0 spiro atoms. The van der Waals surface area contributed by atoms with E-state index in [9.17, 15) is 30.3 Å². The maximum Gasteiger partial charge on any atom is 0.220 e. The normalized spacial score (nSPS) is 19.6. The molecule has 0 aromatic carbocycles. The molecule has 1 saturated heterocycles. The lowest BCUT2D eigenvalue weighted by Crippen LogP contribution is -2.60. The predicted molar refractivity (Wildman–Crippen MR) is 336 cm³/mol. The second-order valence-electron chi connectivity index (χ2n) is 21.1. The van der Waals surface area contributed by atoms with Crippen LogP contribution in [0.15, 0.2) is 146 Å². The first kappa shape index (κ1) is 73.1. The van der Waals surface area contributed by atoms with Gasteiger partial charge in [-0.3, -0.25) is 4.79 Å². The first-order chi connectivity index (χ1) is 38.8. The molecule has 0 aromatic heterocycles. The first-order valence-corrected chi connectivity index (χ1v) is 31.6. The maximum absolute atomic E-state index is 13.1. The number of ether oxygens (including phenoxy) is 2. The molecule has 6 N–H and O–H groups in total. The van der Waals surface area contributed by atoms with Crippen LogP contribution in [-0.2, 0) is 14.3 Å². The molecule has 79 heavy (non-hydrogen) atoms. The topological polar surface area (TPSA) is 149 Å². The summed E-state index contributed by atoms with van der Waals surface area (Å²) < 4.78 is 11.3. The van der Waals surface area contributed by atoms with Gasteiger partial charge in [0.1, 0.15) is 24.4 Å². The minimum atomic E-state index is -1.58.